The van der Waals surface area contributed by atoms with Crippen LogP contribution in [-0.2, 0) is 9.31 Å². The van der Waals surface area contributed by atoms with E-state index in [4.69, 9.17) is 9.31 Å². The first kappa shape index (κ1) is 9.75. The molecule has 2 nitrogen and oxygen atoms in total. The van der Waals surface area contributed by atoms with Gasteiger partial charge in [-0.05, 0) is 11.5 Å². The van der Waals surface area contributed by atoms with E-state index in [1.54, 1.807) is 0 Å². The van der Waals surface area contributed by atoms with E-state index in [9.17, 15) is 0 Å². The molecule has 1 aromatic rings. The Balaban J connectivity index is 2.03. The molecule has 3 heteroatoms. The van der Waals surface area contributed by atoms with Crippen LogP contribution in [0.4, 0.5) is 0 Å². The molecule has 2 rings (SSSR count). The van der Waals surface area contributed by atoms with Crippen molar-refractivity contribution in [3.8, 4) is 0 Å². The predicted molar refractivity (Wildman–Crippen MR) is 56.4 cm³/mol. The van der Waals surface area contributed by atoms with Gasteiger partial charge in [-0.25, -0.2) is 0 Å². The third kappa shape index (κ3) is 2.17. The van der Waals surface area contributed by atoms with Gasteiger partial charge in [0, 0.05) is 18.6 Å². The maximum Gasteiger partial charge on any atom is 0.494 e. The third-order valence-electron chi connectivity index (χ3n) is 2.24. The predicted octanol–water partition coefficient (Wildman–Crippen LogP) is 1.25. The molecule has 0 N–H and O–H groups in total. The number of benzene rings is 1. The van der Waals surface area contributed by atoms with E-state index < -0.39 is 0 Å². The molecule has 0 amide bonds. The first-order chi connectivity index (χ1) is 6.67. The Morgan fingerprint density at radius 3 is 2.57 bits per heavy atom. The van der Waals surface area contributed by atoms with Crippen molar-refractivity contribution in [3.63, 3.8) is 0 Å². The van der Waals surface area contributed by atoms with Crippen LogP contribution in [0.25, 0.3) is 0 Å². The summed E-state index contributed by atoms with van der Waals surface area (Å²) in [6.07, 6.45) is 0. The second kappa shape index (κ2) is 3.75. The molecule has 1 aromatic carbocycles. The van der Waals surface area contributed by atoms with Gasteiger partial charge in [-0.2, -0.15) is 0 Å². The van der Waals surface area contributed by atoms with Crippen molar-refractivity contribution in [2.45, 2.75) is 13.8 Å². The van der Waals surface area contributed by atoms with Crippen molar-refractivity contribution in [3.05, 3.63) is 30.3 Å². The molecular weight excluding hydrogens is 175 g/mol. The van der Waals surface area contributed by atoms with Gasteiger partial charge in [0.1, 0.15) is 0 Å². The Labute approximate surface area is 85.4 Å². The van der Waals surface area contributed by atoms with Crippen LogP contribution in [-0.4, -0.2) is 20.3 Å². The molecule has 14 heavy (non-hydrogen) atoms. The average molecular weight is 189 g/mol. The van der Waals surface area contributed by atoms with Crippen molar-refractivity contribution in [2.75, 3.05) is 13.2 Å². The SMILES string of the molecule is CC1(C)COB(c2[c]cccc2)OC1. The van der Waals surface area contributed by atoms with E-state index in [1.807, 2.05) is 24.3 Å². The number of hydrogen-bond acceptors (Lipinski definition) is 2. The second-order valence-corrected chi connectivity index (χ2v) is 4.44. The standard InChI is InChI=1S/C11H14BO2/c1-11(2)8-13-12(14-9-11)10-6-4-3-5-7-10/h3-6H,8-9H2,1-2H3. The molecule has 1 saturated heterocycles. The summed E-state index contributed by atoms with van der Waals surface area (Å²) in [6.45, 7) is 5.75. The zero-order chi connectivity index (χ0) is 10.0. The zero-order valence-corrected chi connectivity index (χ0v) is 8.62. The topological polar surface area (TPSA) is 18.5 Å². The molecule has 0 aromatic heterocycles. The maximum atomic E-state index is 5.63. The van der Waals surface area contributed by atoms with Crippen LogP contribution in [0.3, 0.4) is 0 Å². The van der Waals surface area contributed by atoms with Crippen LogP contribution in [0, 0.1) is 11.5 Å². The lowest BCUT2D eigenvalue weighted by Crippen LogP contribution is -2.47. The fraction of sp³-hybridized carbons (Fsp3) is 0.455. The first-order valence-electron chi connectivity index (χ1n) is 4.87. The van der Waals surface area contributed by atoms with Gasteiger partial charge in [-0.15, -0.1) is 0 Å². The molecule has 0 atom stereocenters. The van der Waals surface area contributed by atoms with Gasteiger partial charge in [0.15, 0.2) is 0 Å². The number of hydrogen-bond donors (Lipinski definition) is 0. The summed E-state index contributed by atoms with van der Waals surface area (Å²) in [5, 5.41) is 0. The van der Waals surface area contributed by atoms with E-state index in [0.717, 1.165) is 18.7 Å². The van der Waals surface area contributed by atoms with Crippen molar-refractivity contribution in [1.29, 1.82) is 0 Å². The molecule has 1 aliphatic rings. The Hall–Kier alpha value is -0.795. The summed E-state index contributed by atoms with van der Waals surface area (Å²) in [5.74, 6) is 0. The second-order valence-electron chi connectivity index (χ2n) is 4.44. The van der Waals surface area contributed by atoms with E-state index >= 15 is 0 Å². The van der Waals surface area contributed by atoms with E-state index in [0.29, 0.717) is 0 Å². The van der Waals surface area contributed by atoms with Crippen molar-refractivity contribution < 1.29 is 9.31 Å². The van der Waals surface area contributed by atoms with Gasteiger partial charge in [-0.1, -0.05) is 38.1 Å². The maximum absolute atomic E-state index is 5.63. The van der Waals surface area contributed by atoms with Crippen LogP contribution < -0.4 is 5.46 Å². The van der Waals surface area contributed by atoms with Crippen LogP contribution in [0.2, 0.25) is 0 Å². The molecule has 0 aliphatic carbocycles. The molecule has 1 heterocycles. The van der Waals surface area contributed by atoms with Crippen molar-refractivity contribution in [1.82, 2.24) is 0 Å². The van der Waals surface area contributed by atoms with E-state index in [2.05, 4.69) is 19.9 Å². The summed E-state index contributed by atoms with van der Waals surface area (Å²) in [6, 6.07) is 10.9. The summed E-state index contributed by atoms with van der Waals surface area (Å²) in [4.78, 5) is 0. The highest BCUT2D eigenvalue weighted by atomic mass is 16.6. The van der Waals surface area contributed by atoms with Gasteiger partial charge >= 0.3 is 7.12 Å². The van der Waals surface area contributed by atoms with Gasteiger partial charge in [0.2, 0.25) is 0 Å². The molecule has 0 unspecified atom stereocenters. The molecular formula is C11H14BO2. The average Bonchev–Trinajstić information content (AvgIpc) is 2.19. The molecule has 1 fully saturated rings. The number of rotatable bonds is 1. The zero-order valence-electron chi connectivity index (χ0n) is 8.62. The third-order valence-corrected chi connectivity index (χ3v) is 2.24. The lowest BCUT2D eigenvalue weighted by atomic mass is 9.76. The van der Waals surface area contributed by atoms with Crippen LogP contribution in [0.15, 0.2) is 24.3 Å². The summed E-state index contributed by atoms with van der Waals surface area (Å²) < 4.78 is 11.3. The van der Waals surface area contributed by atoms with Gasteiger partial charge in [0.05, 0.1) is 0 Å². The lowest BCUT2D eigenvalue weighted by molar-refractivity contribution is 0.0343. The first-order valence-corrected chi connectivity index (χ1v) is 4.87. The quantitative estimate of drug-likeness (QED) is 0.619. The normalized spacial score (nSPS) is 20.9. The fourth-order valence-electron chi connectivity index (χ4n) is 1.43. The summed E-state index contributed by atoms with van der Waals surface area (Å²) in [5.41, 5.74) is 1.11. The van der Waals surface area contributed by atoms with Gasteiger partial charge < -0.3 is 9.31 Å². The summed E-state index contributed by atoms with van der Waals surface area (Å²) >= 11 is 0. The Morgan fingerprint density at radius 2 is 2.00 bits per heavy atom. The van der Waals surface area contributed by atoms with Gasteiger partial charge in [0.25, 0.3) is 0 Å². The monoisotopic (exact) mass is 189 g/mol. The Kier molecular flexibility index (Phi) is 2.61. The van der Waals surface area contributed by atoms with Crippen LogP contribution in [0.1, 0.15) is 13.8 Å². The minimum Gasteiger partial charge on any atom is -0.407 e. The molecule has 0 saturated carbocycles. The minimum absolute atomic E-state index is 0.130. The Morgan fingerprint density at radius 1 is 1.29 bits per heavy atom. The lowest BCUT2D eigenvalue weighted by Gasteiger charge is -2.33. The smallest absolute Gasteiger partial charge is 0.407 e. The highest BCUT2D eigenvalue weighted by Gasteiger charge is 2.33. The van der Waals surface area contributed by atoms with Crippen molar-refractivity contribution in [2.24, 2.45) is 5.41 Å². The fourth-order valence-corrected chi connectivity index (χ4v) is 1.43. The molecule has 1 radical (unpaired) electrons. The highest BCUT2D eigenvalue weighted by Crippen LogP contribution is 2.21. The van der Waals surface area contributed by atoms with Crippen LogP contribution in [0.5, 0.6) is 0 Å². The molecule has 0 bridgehead atoms. The molecule has 1 aliphatic heterocycles. The van der Waals surface area contributed by atoms with E-state index in [-0.39, 0.29) is 12.5 Å². The Bertz CT molecular complexity index is 287. The van der Waals surface area contributed by atoms with E-state index in [1.165, 1.54) is 0 Å². The van der Waals surface area contributed by atoms with Crippen molar-refractivity contribution >= 4 is 12.6 Å². The van der Waals surface area contributed by atoms with Gasteiger partial charge in [-0.3, -0.25) is 0 Å². The van der Waals surface area contributed by atoms with Crippen LogP contribution >= 0.6 is 0 Å². The summed E-state index contributed by atoms with van der Waals surface area (Å²) in [7, 11) is -0.232. The highest BCUT2D eigenvalue weighted by molar-refractivity contribution is 6.61. The molecule has 0 spiro atoms. The minimum atomic E-state index is -0.232. The molecule has 73 valence electrons. The largest absolute Gasteiger partial charge is 0.494 e.